The van der Waals surface area contributed by atoms with Crippen LogP contribution in [0.2, 0.25) is 0 Å². The highest BCUT2D eigenvalue weighted by Gasteiger charge is 2.31. The Balaban J connectivity index is 4.52. The number of nitrogens with two attached hydrogens (primary N) is 1. The third-order valence-electron chi connectivity index (χ3n) is 1.77. The van der Waals surface area contributed by atoms with Crippen molar-refractivity contribution in [2.24, 2.45) is 5.73 Å². The average molecular weight is 221 g/mol. The monoisotopic (exact) mass is 221 g/mol. The van der Waals surface area contributed by atoms with Gasteiger partial charge in [0.1, 0.15) is 6.23 Å². The van der Waals surface area contributed by atoms with Gasteiger partial charge < -0.3 is 25.4 Å². The lowest BCUT2D eigenvalue weighted by Gasteiger charge is -2.22. The molecular weight excluding hydrogens is 206 g/mol. The van der Waals surface area contributed by atoms with Crippen molar-refractivity contribution in [1.29, 1.82) is 0 Å². The summed E-state index contributed by atoms with van der Waals surface area (Å²) in [5, 5.41) is 17.4. The second-order valence-electron chi connectivity index (χ2n) is 2.83. The first-order chi connectivity index (χ1) is 6.93. The number of carboxylic acid groups (broad SMARTS) is 2. The first-order valence-corrected chi connectivity index (χ1v) is 4.33. The zero-order chi connectivity index (χ0) is 12.0. The van der Waals surface area contributed by atoms with Gasteiger partial charge in [0.05, 0.1) is 0 Å². The van der Waals surface area contributed by atoms with E-state index in [2.05, 4.69) is 4.74 Å². The number of aliphatic carboxylic acids is 2. The molecule has 3 unspecified atom stereocenters. The van der Waals surface area contributed by atoms with Crippen molar-refractivity contribution in [3.8, 4) is 0 Å². The normalized spacial score (nSPS) is 16.7. The van der Waals surface area contributed by atoms with Crippen LogP contribution in [0.1, 0.15) is 13.3 Å². The van der Waals surface area contributed by atoms with E-state index in [1.807, 2.05) is 0 Å². The van der Waals surface area contributed by atoms with E-state index in [1.165, 1.54) is 7.11 Å². The minimum absolute atomic E-state index is 0.148. The molecule has 0 saturated carbocycles. The number of hydrogen-bond donors (Lipinski definition) is 3. The lowest BCUT2D eigenvalue weighted by Crippen LogP contribution is -2.46. The van der Waals surface area contributed by atoms with Crippen molar-refractivity contribution in [3.05, 3.63) is 0 Å². The van der Waals surface area contributed by atoms with E-state index in [9.17, 15) is 9.59 Å². The van der Waals surface area contributed by atoms with Gasteiger partial charge in [-0.05, 0) is 6.42 Å². The molecule has 0 aromatic heterocycles. The first kappa shape index (κ1) is 13.8. The van der Waals surface area contributed by atoms with E-state index >= 15 is 0 Å². The highest BCUT2D eigenvalue weighted by atomic mass is 16.6. The third-order valence-corrected chi connectivity index (χ3v) is 1.77. The van der Waals surface area contributed by atoms with Crippen molar-refractivity contribution >= 4 is 11.9 Å². The molecule has 0 aliphatic carbocycles. The maximum atomic E-state index is 10.7. The molecule has 0 aromatic rings. The van der Waals surface area contributed by atoms with Crippen LogP contribution < -0.4 is 5.73 Å². The molecule has 7 heteroatoms. The predicted molar refractivity (Wildman–Crippen MR) is 49.2 cm³/mol. The van der Waals surface area contributed by atoms with Gasteiger partial charge in [-0.2, -0.15) is 0 Å². The number of hydrogen-bond acceptors (Lipinski definition) is 5. The second-order valence-corrected chi connectivity index (χ2v) is 2.83. The fourth-order valence-electron chi connectivity index (χ4n) is 0.906. The molecule has 0 radical (unpaired) electrons. The van der Waals surface area contributed by atoms with E-state index in [1.54, 1.807) is 6.92 Å². The van der Waals surface area contributed by atoms with Gasteiger partial charge in [-0.3, -0.25) is 0 Å². The summed E-state index contributed by atoms with van der Waals surface area (Å²) in [6, 6.07) is 0. The van der Waals surface area contributed by atoms with Gasteiger partial charge in [-0.1, -0.05) is 6.92 Å². The Kier molecular flexibility index (Phi) is 5.83. The number of ether oxygens (including phenoxy) is 2. The summed E-state index contributed by atoms with van der Waals surface area (Å²) in [6.45, 7) is 1.57. The Bertz CT molecular complexity index is 231. The molecule has 0 spiro atoms. The number of carbonyl (C=O) groups is 2. The van der Waals surface area contributed by atoms with Crippen molar-refractivity contribution < 1.29 is 29.3 Å². The van der Waals surface area contributed by atoms with Crippen LogP contribution in [0, 0.1) is 0 Å². The Morgan fingerprint density at radius 3 is 2.13 bits per heavy atom. The highest BCUT2D eigenvalue weighted by Crippen LogP contribution is 2.07. The number of methoxy groups -OCH3 is 1. The zero-order valence-corrected chi connectivity index (χ0v) is 8.54. The summed E-state index contributed by atoms with van der Waals surface area (Å²) in [4.78, 5) is 21.3. The smallest absolute Gasteiger partial charge is 0.337 e. The fourth-order valence-corrected chi connectivity index (χ4v) is 0.906. The molecule has 0 rings (SSSR count). The van der Waals surface area contributed by atoms with E-state index in [0.717, 1.165) is 0 Å². The van der Waals surface area contributed by atoms with Crippen LogP contribution in [0.25, 0.3) is 0 Å². The van der Waals surface area contributed by atoms with E-state index in [0.29, 0.717) is 0 Å². The Hall–Kier alpha value is -1.18. The molecular formula is C8H15NO6. The minimum atomic E-state index is -1.49. The lowest BCUT2D eigenvalue weighted by molar-refractivity contribution is -0.175. The lowest BCUT2D eigenvalue weighted by atomic mass is 10.2. The Labute approximate surface area is 86.8 Å². The van der Waals surface area contributed by atoms with Gasteiger partial charge in [0.2, 0.25) is 0 Å². The van der Waals surface area contributed by atoms with Gasteiger partial charge in [0.25, 0.3) is 0 Å². The van der Waals surface area contributed by atoms with Crippen molar-refractivity contribution in [2.75, 3.05) is 7.11 Å². The maximum Gasteiger partial charge on any atom is 0.337 e. The van der Waals surface area contributed by atoms with Crippen LogP contribution in [0.5, 0.6) is 0 Å². The van der Waals surface area contributed by atoms with Crippen LogP contribution in [-0.4, -0.2) is 47.7 Å². The summed E-state index contributed by atoms with van der Waals surface area (Å²) >= 11 is 0. The van der Waals surface area contributed by atoms with Crippen LogP contribution in [0.4, 0.5) is 0 Å². The standard InChI is InChI=1S/C8H15NO6/c1-3-4(7(10)11)15-5(8(12)13)6(9)14-2/h4-6H,3,9H2,1-2H3,(H,10,11)(H,12,13). The zero-order valence-electron chi connectivity index (χ0n) is 8.54. The molecule has 0 amide bonds. The Morgan fingerprint density at radius 2 is 1.87 bits per heavy atom. The van der Waals surface area contributed by atoms with Crippen LogP contribution in [0.15, 0.2) is 0 Å². The molecule has 0 fully saturated rings. The van der Waals surface area contributed by atoms with Gasteiger partial charge >= 0.3 is 11.9 Å². The first-order valence-electron chi connectivity index (χ1n) is 4.33. The quantitative estimate of drug-likeness (QED) is 0.484. The molecule has 0 bridgehead atoms. The largest absolute Gasteiger partial charge is 0.479 e. The van der Waals surface area contributed by atoms with E-state index in [4.69, 9.17) is 20.7 Å². The topological polar surface area (TPSA) is 119 Å². The van der Waals surface area contributed by atoms with Gasteiger partial charge in [0, 0.05) is 7.11 Å². The predicted octanol–water partition coefficient (Wildman–Crippen LogP) is -0.749. The molecule has 0 aliphatic rings. The van der Waals surface area contributed by atoms with Crippen molar-refractivity contribution in [2.45, 2.75) is 31.8 Å². The van der Waals surface area contributed by atoms with Gasteiger partial charge in [-0.25, -0.2) is 9.59 Å². The molecule has 3 atom stereocenters. The maximum absolute atomic E-state index is 10.7. The molecule has 7 nitrogen and oxygen atoms in total. The molecule has 0 aliphatic heterocycles. The van der Waals surface area contributed by atoms with Crippen LogP contribution in [0.3, 0.4) is 0 Å². The minimum Gasteiger partial charge on any atom is -0.479 e. The highest BCUT2D eigenvalue weighted by molar-refractivity contribution is 5.75. The molecule has 0 heterocycles. The van der Waals surface area contributed by atoms with E-state index in [-0.39, 0.29) is 6.42 Å². The number of rotatable bonds is 7. The van der Waals surface area contributed by atoms with E-state index < -0.39 is 30.4 Å². The Morgan fingerprint density at radius 1 is 1.33 bits per heavy atom. The van der Waals surface area contributed by atoms with Crippen LogP contribution >= 0.6 is 0 Å². The van der Waals surface area contributed by atoms with Crippen molar-refractivity contribution in [1.82, 2.24) is 0 Å². The summed E-state index contributed by atoms with van der Waals surface area (Å²) < 4.78 is 9.40. The third kappa shape index (κ3) is 4.24. The second kappa shape index (κ2) is 6.33. The summed E-state index contributed by atoms with van der Waals surface area (Å²) in [5.41, 5.74) is 5.30. The van der Waals surface area contributed by atoms with Crippen LogP contribution in [-0.2, 0) is 19.1 Å². The SMILES string of the molecule is CCC(OC(C(=O)O)C(N)OC)C(=O)O. The molecule has 88 valence electrons. The number of carboxylic acids is 2. The molecule has 4 N–H and O–H groups in total. The van der Waals surface area contributed by atoms with Gasteiger partial charge in [0.15, 0.2) is 12.2 Å². The summed E-state index contributed by atoms with van der Waals surface area (Å²) in [6.07, 6.45) is -3.74. The summed E-state index contributed by atoms with van der Waals surface area (Å²) in [5.74, 6) is -2.59. The average Bonchev–Trinajstić information content (AvgIpc) is 2.17. The summed E-state index contributed by atoms with van der Waals surface area (Å²) in [7, 11) is 1.21. The van der Waals surface area contributed by atoms with Crippen molar-refractivity contribution in [3.63, 3.8) is 0 Å². The molecule has 0 aromatic carbocycles. The molecule has 15 heavy (non-hydrogen) atoms. The van der Waals surface area contributed by atoms with Gasteiger partial charge in [-0.15, -0.1) is 0 Å². The molecule has 0 saturated heterocycles. The fraction of sp³-hybridized carbons (Fsp3) is 0.750.